The quantitative estimate of drug-likeness (QED) is 0.697. The molecule has 3 heteroatoms. The van der Waals surface area contributed by atoms with Crippen molar-refractivity contribution in [3.8, 4) is 0 Å². The van der Waals surface area contributed by atoms with Crippen molar-refractivity contribution in [2.24, 2.45) is 5.92 Å². The van der Waals surface area contributed by atoms with E-state index >= 15 is 0 Å². The fourth-order valence-electron chi connectivity index (χ4n) is 2.33. The molecule has 1 N–H and O–H groups in total. The number of aryl methyl sites for hydroxylation is 1. The Morgan fingerprint density at radius 1 is 1.30 bits per heavy atom. The van der Waals surface area contributed by atoms with E-state index in [4.69, 9.17) is 4.98 Å². The normalized spacial score (nSPS) is 12.4. The van der Waals surface area contributed by atoms with E-state index in [1.165, 1.54) is 24.0 Å². The van der Waals surface area contributed by atoms with Crippen molar-refractivity contribution in [3.63, 3.8) is 0 Å². The number of nitrogens with zero attached hydrogens (tertiary/aromatic N) is 2. The molecule has 1 unspecified atom stereocenters. The lowest BCUT2D eigenvalue weighted by Gasteiger charge is -2.26. The van der Waals surface area contributed by atoms with Crippen LogP contribution in [0.25, 0.3) is 0 Å². The van der Waals surface area contributed by atoms with Gasteiger partial charge in [-0.05, 0) is 49.9 Å². The molecule has 0 aliphatic rings. The van der Waals surface area contributed by atoms with Crippen molar-refractivity contribution >= 4 is 5.82 Å². The molecule has 0 aromatic carbocycles. The minimum atomic E-state index is 0.710. The van der Waals surface area contributed by atoms with Gasteiger partial charge in [0.1, 0.15) is 5.82 Å². The molecule has 1 atom stereocenters. The lowest BCUT2D eigenvalue weighted by molar-refractivity contribution is 0.545. The van der Waals surface area contributed by atoms with Gasteiger partial charge in [-0.2, -0.15) is 0 Å². The molecule has 0 fully saturated rings. The van der Waals surface area contributed by atoms with Crippen LogP contribution in [-0.2, 0) is 6.54 Å². The molecule has 20 heavy (non-hydrogen) atoms. The highest BCUT2D eigenvalue weighted by molar-refractivity contribution is 5.47. The summed E-state index contributed by atoms with van der Waals surface area (Å²) in [5.74, 6) is 1.86. The lowest BCUT2D eigenvalue weighted by atomic mass is 10.1. The predicted molar refractivity (Wildman–Crippen MR) is 88.3 cm³/mol. The van der Waals surface area contributed by atoms with Crippen LogP contribution in [0.1, 0.15) is 51.7 Å². The molecule has 0 spiro atoms. The number of anilines is 1. The van der Waals surface area contributed by atoms with E-state index in [1.807, 2.05) is 6.20 Å². The summed E-state index contributed by atoms with van der Waals surface area (Å²) in [6.07, 6.45) is 4.40. The van der Waals surface area contributed by atoms with Gasteiger partial charge in [0.15, 0.2) is 0 Å². The van der Waals surface area contributed by atoms with Gasteiger partial charge in [0.05, 0.1) is 0 Å². The molecule has 1 aromatic heterocycles. The largest absolute Gasteiger partial charge is 0.356 e. The summed E-state index contributed by atoms with van der Waals surface area (Å²) in [5.41, 5.74) is 2.56. The highest BCUT2D eigenvalue weighted by Gasteiger charge is 2.12. The number of aromatic nitrogens is 1. The second-order valence-electron chi connectivity index (χ2n) is 5.71. The molecule has 0 bridgehead atoms. The molecule has 114 valence electrons. The Labute approximate surface area is 124 Å². The maximum absolute atomic E-state index is 4.70. The molecule has 0 aliphatic carbocycles. The Balaban J connectivity index is 2.74. The summed E-state index contributed by atoms with van der Waals surface area (Å²) >= 11 is 0. The van der Waals surface area contributed by atoms with E-state index in [2.05, 4.69) is 50.9 Å². The third-order valence-corrected chi connectivity index (χ3v) is 3.77. The summed E-state index contributed by atoms with van der Waals surface area (Å²) < 4.78 is 0. The van der Waals surface area contributed by atoms with Gasteiger partial charge >= 0.3 is 0 Å². The minimum absolute atomic E-state index is 0.710. The highest BCUT2D eigenvalue weighted by atomic mass is 15.2. The Morgan fingerprint density at radius 3 is 2.60 bits per heavy atom. The number of hydrogen-bond donors (Lipinski definition) is 1. The third-order valence-electron chi connectivity index (χ3n) is 3.77. The first-order valence-corrected chi connectivity index (χ1v) is 8.03. The fraction of sp³-hybridized carbons (Fsp3) is 0.706. The van der Waals surface area contributed by atoms with Gasteiger partial charge in [0, 0.05) is 25.8 Å². The Kier molecular flexibility index (Phi) is 7.60. The van der Waals surface area contributed by atoms with Crippen LogP contribution in [0.5, 0.6) is 0 Å². The topological polar surface area (TPSA) is 28.2 Å². The Bertz CT molecular complexity index is 390. The minimum Gasteiger partial charge on any atom is -0.356 e. The van der Waals surface area contributed by atoms with E-state index < -0.39 is 0 Å². The molecule has 0 aliphatic heterocycles. The van der Waals surface area contributed by atoms with Crippen molar-refractivity contribution in [1.82, 2.24) is 10.3 Å². The van der Waals surface area contributed by atoms with Gasteiger partial charge in [-0.1, -0.05) is 27.2 Å². The molecule has 1 aromatic rings. The second kappa shape index (κ2) is 8.96. The summed E-state index contributed by atoms with van der Waals surface area (Å²) in [6.45, 7) is 15.2. The molecule has 0 saturated heterocycles. The monoisotopic (exact) mass is 277 g/mol. The van der Waals surface area contributed by atoms with Crippen LogP contribution in [0.15, 0.2) is 12.3 Å². The maximum Gasteiger partial charge on any atom is 0.131 e. The van der Waals surface area contributed by atoms with Gasteiger partial charge in [0.2, 0.25) is 0 Å². The SMILES string of the molecule is CCCNCc1cnc(N(CC)CC(C)CC)c(C)c1. The molecule has 1 rings (SSSR count). The van der Waals surface area contributed by atoms with Crippen LogP contribution < -0.4 is 10.2 Å². The van der Waals surface area contributed by atoms with Crippen LogP contribution in [0, 0.1) is 12.8 Å². The molecule has 0 saturated carbocycles. The molecular formula is C17H31N3. The van der Waals surface area contributed by atoms with E-state index in [-0.39, 0.29) is 0 Å². The van der Waals surface area contributed by atoms with Gasteiger partial charge < -0.3 is 10.2 Å². The van der Waals surface area contributed by atoms with Crippen molar-refractivity contribution in [2.45, 2.75) is 54.0 Å². The zero-order valence-electron chi connectivity index (χ0n) is 13.9. The zero-order chi connectivity index (χ0) is 15.0. The Hall–Kier alpha value is -1.09. The molecule has 1 heterocycles. The van der Waals surface area contributed by atoms with Crippen LogP contribution in [0.4, 0.5) is 5.82 Å². The van der Waals surface area contributed by atoms with Crippen molar-refractivity contribution in [2.75, 3.05) is 24.5 Å². The Morgan fingerprint density at radius 2 is 2.05 bits per heavy atom. The summed E-state index contributed by atoms with van der Waals surface area (Å²) in [6, 6.07) is 2.27. The molecular weight excluding hydrogens is 246 g/mol. The smallest absolute Gasteiger partial charge is 0.131 e. The van der Waals surface area contributed by atoms with E-state index in [0.717, 1.165) is 32.0 Å². The van der Waals surface area contributed by atoms with Crippen LogP contribution in [0.2, 0.25) is 0 Å². The average molecular weight is 277 g/mol. The van der Waals surface area contributed by atoms with Crippen LogP contribution in [-0.4, -0.2) is 24.6 Å². The first kappa shape index (κ1) is 17.0. The van der Waals surface area contributed by atoms with E-state index in [1.54, 1.807) is 0 Å². The van der Waals surface area contributed by atoms with E-state index in [9.17, 15) is 0 Å². The van der Waals surface area contributed by atoms with Gasteiger partial charge in [-0.15, -0.1) is 0 Å². The number of nitrogens with one attached hydrogen (secondary N) is 1. The lowest BCUT2D eigenvalue weighted by Crippen LogP contribution is -2.29. The second-order valence-corrected chi connectivity index (χ2v) is 5.71. The van der Waals surface area contributed by atoms with Crippen molar-refractivity contribution in [1.29, 1.82) is 0 Å². The first-order chi connectivity index (χ1) is 9.62. The number of rotatable bonds is 9. The van der Waals surface area contributed by atoms with Gasteiger partial charge in [0.25, 0.3) is 0 Å². The van der Waals surface area contributed by atoms with Crippen LogP contribution in [0.3, 0.4) is 0 Å². The van der Waals surface area contributed by atoms with Crippen molar-refractivity contribution in [3.05, 3.63) is 23.4 Å². The highest BCUT2D eigenvalue weighted by Crippen LogP contribution is 2.19. The third kappa shape index (κ3) is 5.12. The number of hydrogen-bond acceptors (Lipinski definition) is 3. The summed E-state index contributed by atoms with van der Waals surface area (Å²) in [7, 11) is 0. The molecule has 3 nitrogen and oxygen atoms in total. The van der Waals surface area contributed by atoms with Gasteiger partial charge in [-0.3, -0.25) is 0 Å². The number of pyridine rings is 1. The summed E-state index contributed by atoms with van der Waals surface area (Å²) in [4.78, 5) is 7.10. The molecule has 0 amide bonds. The molecule has 0 radical (unpaired) electrons. The predicted octanol–water partition coefficient (Wildman–Crippen LogP) is 3.76. The van der Waals surface area contributed by atoms with Crippen LogP contribution >= 0.6 is 0 Å². The van der Waals surface area contributed by atoms with E-state index in [0.29, 0.717) is 5.92 Å². The first-order valence-electron chi connectivity index (χ1n) is 8.03. The van der Waals surface area contributed by atoms with Gasteiger partial charge in [-0.25, -0.2) is 4.98 Å². The van der Waals surface area contributed by atoms with Crippen molar-refractivity contribution < 1.29 is 0 Å². The average Bonchev–Trinajstić information content (AvgIpc) is 2.45. The fourth-order valence-corrected chi connectivity index (χ4v) is 2.33. The maximum atomic E-state index is 4.70. The summed E-state index contributed by atoms with van der Waals surface area (Å²) in [5, 5.41) is 3.43. The zero-order valence-corrected chi connectivity index (χ0v) is 13.9. The standard InChI is InChI=1S/C17H31N3/c1-6-9-18-11-16-10-15(5)17(19-12-16)20(8-3)13-14(4)7-2/h10,12,14,18H,6-9,11,13H2,1-5H3.